The Hall–Kier alpha value is -2.85. The number of allylic oxidation sites excluding steroid dienone is 2. The first kappa shape index (κ1) is 34.0. The van der Waals surface area contributed by atoms with Crippen molar-refractivity contribution < 1.29 is 30.0 Å². The number of rotatable bonds is 7. The summed E-state index contributed by atoms with van der Waals surface area (Å²) in [6.45, 7) is 17.8. The molecule has 0 saturated carbocycles. The van der Waals surface area contributed by atoms with Crippen molar-refractivity contribution >= 4 is 35.0 Å². The molecule has 0 amide bonds. The molecule has 4 aromatic rings. The number of pyridine rings is 1. The second kappa shape index (κ2) is 13.2. The zero-order valence-electron chi connectivity index (χ0n) is 27.5. The van der Waals surface area contributed by atoms with Gasteiger partial charge >= 0.3 is 0 Å². The van der Waals surface area contributed by atoms with Crippen LogP contribution < -0.4 is 10.4 Å². The SMILES string of the molecule is CC1(C)c2cc3ccccc3[c-]c2-c2nccc3c2-c2c1cccc2[Si]3(C)C.CCC(CC)C(=O)/C=C(\O)C(CC)CC.[Ir]. The minimum atomic E-state index is -1.72. The van der Waals surface area contributed by atoms with E-state index in [2.05, 4.69) is 87.6 Å². The van der Waals surface area contributed by atoms with Crippen molar-refractivity contribution in [1.82, 2.24) is 4.98 Å². The quantitative estimate of drug-likeness (QED) is 0.0882. The average molecular weight is 781 g/mol. The molecule has 44 heavy (non-hydrogen) atoms. The monoisotopic (exact) mass is 781 g/mol. The van der Waals surface area contributed by atoms with Crippen LogP contribution in [0.3, 0.4) is 0 Å². The van der Waals surface area contributed by atoms with Crippen molar-refractivity contribution in [2.24, 2.45) is 11.8 Å². The third kappa shape index (κ3) is 5.68. The summed E-state index contributed by atoms with van der Waals surface area (Å²) >= 11 is 0. The van der Waals surface area contributed by atoms with Crippen molar-refractivity contribution in [2.45, 2.75) is 85.7 Å². The maximum Gasteiger partial charge on any atom is 0.162 e. The second-order valence-corrected chi connectivity index (χ2v) is 17.5. The Labute approximate surface area is 278 Å². The summed E-state index contributed by atoms with van der Waals surface area (Å²) < 4.78 is 0. The van der Waals surface area contributed by atoms with E-state index in [0.717, 1.165) is 36.8 Å². The van der Waals surface area contributed by atoms with Gasteiger partial charge in [0.25, 0.3) is 0 Å². The molecule has 3 aromatic carbocycles. The van der Waals surface area contributed by atoms with E-state index in [1.165, 1.54) is 44.5 Å². The fourth-order valence-electron chi connectivity index (χ4n) is 7.20. The minimum Gasteiger partial charge on any atom is -0.512 e. The smallest absolute Gasteiger partial charge is 0.162 e. The molecule has 0 saturated heterocycles. The molecular formula is C39H46IrNO2Si-. The van der Waals surface area contributed by atoms with Crippen LogP contribution in [0, 0.1) is 17.9 Å². The largest absolute Gasteiger partial charge is 0.512 e. The van der Waals surface area contributed by atoms with E-state index < -0.39 is 8.07 Å². The first-order valence-electron chi connectivity index (χ1n) is 16.0. The molecular weight excluding hydrogens is 735 g/mol. The van der Waals surface area contributed by atoms with E-state index in [4.69, 9.17) is 4.98 Å². The first-order chi connectivity index (χ1) is 20.5. The zero-order valence-corrected chi connectivity index (χ0v) is 30.9. The predicted molar refractivity (Wildman–Crippen MR) is 184 cm³/mol. The zero-order chi connectivity index (χ0) is 31.1. The third-order valence-corrected chi connectivity index (χ3v) is 13.6. The van der Waals surface area contributed by atoms with Crippen molar-refractivity contribution in [2.75, 3.05) is 0 Å². The van der Waals surface area contributed by atoms with Crippen LogP contribution in [0.5, 0.6) is 0 Å². The van der Waals surface area contributed by atoms with Crippen LogP contribution >= 0.6 is 0 Å². The molecule has 0 unspecified atom stereocenters. The molecule has 6 rings (SSSR count). The van der Waals surface area contributed by atoms with Crippen molar-refractivity contribution in [3.63, 3.8) is 0 Å². The summed E-state index contributed by atoms with van der Waals surface area (Å²) in [4.78, 5) is 16.7. The van der Waals surface area contributed by atoms with Gasteiger partial charge in [0.1, 0.15) is 8.07 Å². The van der Waals surface area contributed by atoms with Crippen molar-refractivity contribution in [3.8, 4) is 22.4 Å². The Bertz CT molecular complexity index is 1710. The van der Waals surface area contributed by atoms with Gasteiger partial charge in [0.15, 0.2) is 5.78 Å². The van der Waals surface area contributed by atoms with Crippen LogP contribution in [-0.4, -0.2) is 23.9 Å². The maximum absolute atomic E-state index is 11.7. The number of nitrogens with zero attached hydrogens (tertiary/aromatic N) is 1. The topological polar surface area (TPSA) is 50.2 Å². The molecule has 1 aliphatic carbocycles. The standard InChI is InChI=1S/C26H22NSi.C13H24O2.Ir/c1-26(2)19-10-7-11-21-23(19)24-22(28(21,3)4)12-13-27-25(24)18-14-16-8-5-6-9-17(16)15-20(18)26;1-5-10(6-2)12(14)9-13(15)11(7-3)8-4;/h5-13,15H,1-4H3;9-11,14H,5-8H2,1-4H3;/q-1;;/b;12-9-;. The molecule has 1 N–H and O–H groups in total. The van der Waals surface area contributed by atoms with Gasteiger partial charge in [-0.15, -0.1) is 23.6 Å². The van der Waals surface area contributed by atoms with Crippen molar-refractivity contribution in [1.29, 1.82) is 0 Å². The van der Waals surface area contributed by atoms with E-state index >= 15 is 0 Å². The van der Waals surface area contributed by atoms with Crippen LogP contribution in [0.2, 0.25) is 13.1 Å². The Morgan fingerprint density at radius 1 is 0.886 bits per heavy atom. The number of carbonyl (C=O) groups excluding carboxylic acids is 1. The van der Waals surface area contributed by atoms with Gasteiger partial charge in [-0.2, -0.15) is 0 Å². The van der Waals surface area contributed by atoms with Gasteiger partial charge in [-0.1, -0.05) is 113 Å². The summed E-state index contributed by atoms with van der Waals surface area (Å²) in [6, 6.07) is 23.9. The number of aliphatic hydroxyl groups is 1. The molecule has 2 heterocycles. The fourth-order valence-corrected chi connectivity index (χ4v) is 10.3. The number of aromatic nitrogens is 1. The van der Waals surface area contributed by atoms with Crippen LogP contribution in [-0.2, 0) is 30.3 Å². The molecule has 5 heteroatoms. The number of hydrogen-bond acceptors (Lipinski definition) is 3. The van der Waals surface area contributed by atoms with Gasteiger partial charge in [0.05, 0.1) is 5.76 Å². The summed E-state index contributed by atoms with van der Waals surface area (Å²) in [5.74, 6) is 0.547. The van der Waals surface area contributed by atoms with Gasteiger partial charge in [0, 0.05) is 49.9 Å². The molecule has 0 bridgehead atoms. The Kier molecular flexibility index (Phi) is 10.2. The molecule has 0 fully saturated rings. The molecule has 1 aliphatic heterocycles. The van der Waals surface area contributed by atoms with Crippen LogP contribution in [0.25, 0.3) is 33.2 Å². The Morgan fingerprint density at radius 3 is 2.18 bits per heavy atom. The fraction of sp³-hybridized carbons (Fsp3) is 0.385. The number of carbonyl (C=O) groups is 1. The predicted octanol–water partition coefficient (Wildman–Crippen LogP) is 9.01. The van der Waals surface area contributed by atoms with Gasteiger partial charge in [0.2, 0.25) is 0 Å². The molecule has 3 nitrogen and oxygen atoms in total. The number of aliphatic hydroxyl groups excluding tert-OH is 1. The first-order valence-corrected chi connectivity index (χ1v) is 19.0. The number of benzene rings is 3. The normalized spacial score (nSPS) is 15.2. The number of hydrogen-bond donors (Lipinski definition) is 1. The van der Waals surface area contributed by atoms with E-state index in [9.17, 15) is 9.90 Å². The number of ketones is 1. The maximum atomic E-state index is 11.7. The minimum absolute atomic E-state index is 0. The summed E-state index contributed by atoms with van der Waals surface area (Å²) in [5.41, 5.74) is 7.79. The van der Waals surface area contributed by atoms with Crippen LogP contribution in [0.1, 0.15) is 78.4 Å². The van der Waals surface area contributed by atoms with E-state index in [0.29, 0.717) is 0 Å². The van der Waals surface area contributed by atoms with Crippen molar-refractivity contribution in [3.05, 3.63) is 89.8 Å². The molecule has 0 spiro atoms. The number of fused-ring (bicyclic) bond motifs is 3. The average Bonchev–Trinajstić information content (AvgIpc) is 3.20. The van der Waals surface area contributed by atoms with Gasteiger partial charge < -0.3 is 5.11 Å². The van der Waals surface area contributed by atoms with Gasteiger partial charge in [-0.3, -0.25) is 9.78 Å². The molecule has 1 radical (unpaired) electrons. The van der Waals surface area contributed by atoms with Crippen LogP contribution in [0.4, 0.5) is 0 Å². The summed E-state index contributed by atoms with van der Waals surface area (Å²) in [5, 5.41) is 15.2. The molecule has 233 valence electrons. The second-order valence-electron chi connectivity index (χ2n) is 13.2. The van der Waals surface area contributed by atoms with Crippen LogP contribution in [0.15, 0.2) is 72.6 Å². The van der Waals surface area contributed by atoms with Gasteiger partial charge in [-0.25, -0.2) is 0 Å². The summed E-state index contributed by atoms with van der Waals surface area (Å²) in [6.07, 6.45) is 6.92. The van der Waals surface area contributed by atoms with E-state index in [-0.39, 0.29) is 48.9 Å². The Morgan fingerprint density at radius 2 is 1.52 bits per heavy atom. The molecule has 0 atom stereocenters. The van der Waals surface area contributed by atoms with E-state index in [1.54, 1.807) is 5.19 Å². The summed E-state index contributed by atoms with van der Waals surface area (Å²) in [7, 11) is -1.72. The van der Waals surface area contributed by atoms with E-state index in [1.807, 2.05) is 33.9 Å². The molecule has 1 aromatic heterocycles. The third-order valence-electron chi connectivity index (χ3n) is 10.1. The Balaban J connectivity index is 0.000000239. The van der Waals surface area contributed by atoms with Gasteiger partial charge in [-0.05, 0) is 59.0 Å². The molecule has 2 aliphatic rings.